The van der Waals surface area contributed by atoms with Crippen molar-refractivity contribution in [3.05, 3.63) is 29.3 Å². The van der Waals surface area contributed by atoms with Crippen molar-refractivity contribution in [2.24, 2.45) is 5.92 Å². The van der Waals surface area contributed by atoms with Gasteiger partial charge in [-0.3, -0.25) is 4.79 Å². The van der Waals surface area contributed by atoms with Crippen LogP contribution < -0.4 is 5.32 Å². The number of carbonyl (C=O) groups is 1. The van der Waals surface area contributed by atoms with Gasteiger partial charge in [0, 0.05) is 5.69 Å². The molecule has 1 aromatic carbocycles. The Morgan fingerprint density at radius 2 is 1.93 bits per heavy atom. The Labute approximate surface area is 89.7 Å². The average molecular weight is 202 g/mol. The van der Waals surface area contributed by atoms with Gasteiger partial charge >= 0.3 is 0 Å². The topological polar surface area (TPSA) is 52.9 Å². The Balaban J connectivity index is 2.91. The average Bonchev–Trinajstić information content (AvgIpc) is 2.22. The number of benzene rings is 1. The molecule has 0 aromatic heterocycles. The summed E-state index contributed by atoms with van der Waals surface area (Å²) in [5.41, 5.74) is 2.83. The van der Waals surface area contributed by atoms with Gasteiger partial charge in [-0.1, -0.05) is 18.2 Å². The van der Waals surface area contributed by atoms with Crippen molar-refractivity contribution >= 4 is 11.6 Å². The van der Waals surface area contributed by atoms with Crippen LogP contribution in [0.5, 0.6) is 0 Å². The van der Waals surface area contributed by atoms with E-state index in [2.05, 4.69) is 5.32 Å². The molecule has 0 radical (unpaired) electrons. The van der Waals surface area contributed by atoms with Crippen LogP contribution in [-0.4, -0.2) is 5.91 Å². The summed E-state index contributed by atoms with van der Waals surface area (Å²) in [6, 6.07) is 7.71. The predicted octanol–water partition coefficient (Wildman–Crippen LogP) is 2.40. The number of carbonyl (C=O) groups excluding carboxylic acids is 1. The molecule has 0 saturated carbocycles. The highest BCUT2D eigenvalue weighted by Gasteiger charge is 2.13. The van der Waals surface area contributed by atoms with Crippen molar-refractivity contribution in [3.63, 3.8) is 0 Å². The summed E-state index contributed by atoms with van der Waals surface area (Å²) in [5.74, 6) is -0.876. The van der Waals surface area contributed by atoms with E-state index in [1.807, 2.05) is 38.1 Å². The first kappa shape index (κ1) is 11.3. The molecule has 0 spiro atoms. The fourth-order valence-electron chi connectivity index (χ4n) is 1.30. The van der Waals surface area contributed by atoms with Crippen LogP contribution in [-0.2, 0) is 4.79 Å². The number of nitrogens with one attached hydrogen (secondary N) is 1. The summed E-state index contributed by atoms with van der Waals surface area (Å²) in [4.78, 5) is 11.5. The Kier molecular flexibility index (Phi) is 3.46. The first-order valence-corrected chi connectivity index (χ1v) is 4.83. The molecule has 3 heteroatoms. The molecule has 1 unspecified atom stereocenters. The van der Waals surface area contributed by atoms with E-state index in [1.165, 1.54) is 0 Å². The molecule has 3 nitrogen and oxygen atoms in total. The number of para-hydroxylation sites is 1. The number of nitrogens with zero attached hydrogens (tertiary/aromatic N) is 1. The zero-order valence-electron chi connectivity index (χ0n) is 9.16. The monoisotopic (exact) mass is 202 g/mol. The van der Waals surface area contributed by atoms with Crippen LogP contribution in [0.2, 0.25) is 0 Å². The lowest BCUT2D eigenvalue weighted by molar-refractivity contribution is -0.117. The van der Waals surface area contributed by atoms with E-state index in [-0.39, 0.29) is 5.91 Å². The zero-order valence-corrected chi connectivity index (χ0v) is 9.16. The molecule has 0 saturated heterocycles. The SMILES string of the molecule is Cc1cccc(C)c1NC(=O)C(C)C#N. The van der Waals surface area contributed by atoms with Crippen molar-refractivity contribution in [1.29, 1.82) is 5.26 Å². The number of amides is 1. The molecule has 0 bridgehead atoms. The van der Waals surface area contributed by atoms with E-state index in [0.29, 0.717) is 0 Å². The second-order valence-electron chi connectivity index (χ2n) is 3.61. The van der Waals surface area contributed by atoms with Crippen LogP contribution in [0.25, 0.3) is 0 Å². The lowest BCUT2D eigenvalue weighted by atomic mass is 10.1. The van der Waals surface area contributed by atoms with Crippen molar-refractivity contribution in [2.75, 3.05) is 5.32 Å². The van der Waals surface area contributed by atoms with Gasteiger partial charge in [0.2, 0.25) is 5.91 Å². The van der Waals surface area contributed by atoms with E-state index in [0.717, 1.165) is 16.8 Å². The van der Waals surface area contributed by atoms with Gasteiger partial charge in [-0.15, -0.1) is 0 Å². The minimum Gasteiger partial charge on any atom is -0.324 e. The highest BCUT2D eigenvalue weighted by molar-refractivity contribution is 5.95. The van der Waals surface area contributed by atoms with Crippen LogP contribution >= 0.6 is 0 Å². The minimum atomic E-state index is -0.621. The second kappa shape index (κ2) is 4.61. The number of nitriles is 1. The zero-order chi connectivity index (χ0) is 11.4. The summed E-state index contributed by atoms with van der Waals surface area (Å²) in [7, 11) is 0. The van der Waals surface area contributed by atoms with Gasteiger partial charge in [0.15, 0.2) is 0 Å². The molecule has 1 atom stereocenters. The maximum atomic E-state index is 11.5. The Morgan fingerprint density at radius 3 is 2.40 bits per heavy atom. The first-order valence-electron chi connectivity index (χ1n) is 4.83. The summed E-state index contributed by atoms with van der Waals surface area (Å²) in [5, 5.41) is 11.4. The molecule has 78 valence electrons. The smallest absolute Gasteiger partial charge is 0.241 e. The number of anilines is 1. The highest BCUT2D eigenvalue weighted by atomic mass is 16.1. The molecular weight excluding hydrogens is 188 g/mol. The lowest BCUT2D eigenvalue weighted by Gasteiger charge is -2.11. The van der Waals surface area contributed by atoms with Crippen LogP contribution in [0.4, 0.5) is 5.69 Å². The molecule has 1 amide bonds. The van der Waals surface area contributed by atoms with E-state index in [1.54, 1.807) is 6.92 Å². The van der Waals surface area contributed by atoms with Gasteiger partial charge in [-0.2, -0.15) is 5.26 Å². The Hall–Kier alpha value is -1.82. The largest absolute Gasteiger partial charge is 0.324 e. The van der Waals surface area contributed by atoms with Crippen LogP contribution in [0, 0.1) is 31.1 Å². The molecule has 0 aliphatic carbocycles. The van der Waals surface area contributed by atoms with Crippen LogP contribution in [0.1, 0.15) is 18.1 Å². The Bertz CT molecular complexity index is 398. The number of aryl methyl sites for hydroxylation is 2. The third-order valence-electron chi connectivity index (χ3n) is 2.32. The molecule has 0 fully saturated rings. The van der Waals surface area contributed by atoms with Crippen molar-refractivity contribution in [3.8, 4) is 6.07 Å². The number of hydrogen-bond acceptors (Lipinski definition) is 2. The molecule has 1 aromatic rings. The fourth-order valence-corrected chi connectivity index (χ4v) is 1.30. The molecular formula is C12H14N2O. The van der Waals surface area contributed by atoms with Crippen LogP contribution in [0.15, 0.2) is 18.2 Å². The molecule has 0 heterocycles. The van der Waals surface area contributed by atoms with E-state index < -0.39 is 5.92 Å². The summed E-state index contributed by atoms with van der Waals surface area (Å²) < 4.78 is 0. The van der Waals surface area contributed by atoms with E-state index in [4.69, 9.17) is 5.26 Å². The van der Waals surface area contributed by atoms with Gasteiger partial charge in [-0.25, -0.2) is 0 Å². The normalized spacial score (nSPS) is 11.6. The Morgan fingerprint density at radius 1 is 1.40 bits per heavy atom. The predicted molar refractivity (Wildman–Crippen MR) is 59.3 cm³/mol. The standard InChI is InChI=1S/C12H14N2O/c1-8-5-4-6-9(2)11(8)14-12(15)10(3)7-13/h4-6,10H,1-3H3,(H,14,15). The minimum absolute atomic E-state index is 0.255. The van der Waals surface area contributed by atoms with Crippen LogP contribution in [0.3, 0.4) is 0 Å². The van der Waals surface area contributed by atoms with Gasteiger partial charge in [0.05, 0.1) is 6.07 Å². The fraction of sp³-hybridized carbons (Fsp3) is 0.333. The summed E-state index contributed by atoms with van der Waals surface area (Å²) in [6.45, 7) is 5.45. The molecule has 1 N–H and O–H groups in total. The third kappa shape index (κ3) is 2.57. The number of hydrogen-bond donors (Lipinski definition) is 1. The number of rotatable bonds is 2. The quantitative estimate of drug-likeness (QED) is 0.800. The maximum absolute atomic E-state index is 11.5. The van der Waals surface area contributed by atoms with Gasteiger partial charge in [0.1, 0.15) is 5.92 Å². The van der Waals surface area contributed by atoms with Gasteiger partial charge in [0.25, 0.3) is 0 Å². The van der Waals surface area contributed by atoms with Crippen molar-refractivity contribution in [2.45, 2.75) is 20.8 Å². The lowest BCUT2D eigenvalue weighted by Crippen LogP contribution is -2.20. The first-order chi connectivity index (χ1) is 7.06. The highest BCUT2D eigenvalue weighted by Crippen LogP contribution is 2.19. The van der Waals surface area contributed by atoms with Crippen molar-refractivity contribution < 1.29 is 4.79 Å². The van der Waals surface area contributed by atoms with E-state index >= 15 is 0 Å². The maximum Gasteiger partial charge on any atom is 0.241 e. The summed E-state index contributed by atoms with van der Waals surface area (Å²) in [6.07, 6.45) is 0. The molecule has 15 heavy (non-hydrogen) atoms. The third-order valence-corrected chi connectivity index (χ3v) is 2.32. The summed E-state index contributed by atoms with van der Waals surface area (Å²) >= 11 is 0. The second-order valence-corrected chi connectivity index (χ2v) is 3.61. The molecule has 0 aliphatic heterocycles. The molecule has 0 aliphatic rings. The molecule has 1 rings (SSSR count). The van der Waals surface area contributed by atoms with Crippen molar-refractivity contribution in [1.82, 2.24) is 0 Å². The van der Waals surface area contributed by atoms with E-state index in [9.17, 15) is 4.79 Å². The van der Waals surface area contributed by atoms with Gasteiger partial charge < -0.3 is 5.32 Å². The van der Waals surface area contributed by atoms with Gasteiger partial charge in [-0.05, 0) is 31.9 Å².